The Balaban J connectivity index is 1.96. The van der Waals surface area contributed by atoms with Crippen molar-refractivity contribution < 1.29 is 13.2 Å². The van der Waals surface area contributed by atoms with Crippen LogP contribution in [0.2, 0.25) is 10.0 Å². The minimum absolute atomic E-state index is 0.0110. The average Bonchev–Trinajstić information content (AvgIpc) is 2.45. The molecule has 0 bridgehead atoms. The zero-order chi connectivity index (χ0) is 17.0. The predicted molar refractivity (Wildman–Crippen MR) is 93.1 cm³/mol. The minimum Gasteiger partial charge on any atom is -0.492 e. The smallest absolute Gasteiger partial charge is 0.242 e. The first-order valence-corrected chi connectivity index (χ1v) is 9.18. The number of hydrogen-bond acceptors (Lipinski definition) is 3. The molecule has 0 spiro atoms. The van der Waals surface area contributed by atoms with E-state index in [9.17, 15) is 8.42 Å². The van der Waals surface area contributed by atoms with Gasteiger partial charge in [-0.1, -0.05) is 35.3 Å². The van der Waals surface area contributed by atoms with Crippen molar-refractivity contribution in [3.63, 3.8) is 0 Å². The summed E-state index contributed by atoms with van der Waals surface area (Å²) in [7, 11) is -3.73. The summed E-state index contributed by atoms with van der Waals surface area (Å²) < 4.78 is 32.4. The second kappa shape index (κ2) is 7.53. The van der Waals surface area contributed by atoms with E-state index in [4.69, 9.17) is 27.9 Å². The second-order valence-corrected chi connectivity index (χ2v) is 7.64. The summed E-state index contributed by atoms with van der Waals surface area (Å²) >= 11 is 11.8. The highest BCUT2D eigenvalue weighted by Gasteiger charge is 2.18. The number of ether oxygens (including phenoxy) is 1. The number of hydrogen-bond donors (Lipinski definition) is 1. The van der Waals surface area contributed by atoms with Crippen LogP contribution in [0.1, 0.15) is 11.1 Å². The molecule has 0 saturated carbocycles. The third kappa shape index (κ3) is 4.85. The van der Waals surface area contributed by atoms with Crippen molar-refractivity contribution in [3.05, 3.63) is 57.6 Å². The van der Waals surface area contributed by atoms with Crippen molar-refractivity contribution in [1.29, 1.82) is 0 Å². The quantitative estimate of drug-likeness (QED) is 0.779. The molecular weight excluding hydrogens is 357 g/mol. The molecule has 0 aromatic heterocycles. The molecule has 0 aliphatic rings. The molecule has 2 rings (SSSR count). The van der Waals surface area contributed by atoms with Gasteiger partial charge in [-0.15, -0.1) is 0 Å². The molecule has 23 heavy (non-hydrogen) atoms. The summed E-state index contributed by atoms with van der Waals surface area (Å²) in [6.07, 6.45) is 0. The van der Waals surface area contributed by atoms with Gasteiger partial charge in [-0.05, 0) is 49.2 Å². The lowest BCUT2D eigenvalue weighted by atomic mass is 10.1. The predicted octanol–water partition coefficient (Wildman–Crippen LogP) is 3.97. The maximum Gasteiger partial charge on any atom is 0.242 e. The van der Waals surface area contributed by atoms with Crippen LogP contribution in [0.5, 0.6) is 5.75 Å². The first-order chi connectivity index (χ1) is 10.8. The lowest BCUT2D eigenvalue weighted by Crippen LogP contribution is -2.28. The Hall–Kier alpha value is -1.27. The summed E-state index contributed by atoms with van der Waals surface area (Å²) in [5, 5.41) is 0.206. The van der Waals surface area contributed by atoms with E-state index in [1.165, 1.54) is 18.2 Å². The molecular formula is C16H17Cl2NO3S. The fourth-order valence-electron chi connectivity index (χ4n) is 2.13. The van der Waals surface area contributed by atoms with E-state index in [2.05, 4.69) is 4.72 Å². The maximum absolute atomic E-state index is 12.2. The highest BCUT2D eigenvalue weighted by atomic mass is 35.5. The van der Waals surface area contributed by atoms with Crippen LogP contribution in [0.15, 0.2) is 41.3 Å². The zero-order valence-corrected chi connectivity index (χ0v) is 15.1. The number of aryl methyl sites for hydroxylation is 2. The van der Waals surface area contributed by atoms with Gasteiger partial charge < -0.3 is 4.74 Å². The van der Waals surface area contributed by atoms with E-state index in [0.29, 0.717) is 5.75 Å². The summed E-state index contributed by atoms with van der Waals surface area (Å²) in [6.45, 7) is 4.28. The van der Waals surface area contributed by atoms with Crippen LogP contribution in [0.3, 0.4) is 0 Å². The van der Waals surface area contributed by atoms with Gasteiger partial charge in [0.2, 0.25) is 10.0 Å². The lowest BCUT2D eigenvalue weighted by molar-refractivity contribution is 0.322. The second-order valence-electron chi connectivity index (χ2n) is 5.12. The number of halogens is 2. The molecule has 0 fully saturated rings. The molecule has 0 amide bonds. The third-order valence-corrected chi connectivity index (χ3v) is 5.50. The molecule has 1 N–H and O–H groups in total. The summed E-state index contributed by atoms with van der Waals surface area (Å²) in [5.41, 5.74) is 2.18. The number of benzene rings is 2. The van der Waals surface area contributed by atoms with Gasteiger partial charge in [0.15, 0.2) is 0 Å². The lowest BCUT2D eigenvalue weighted by Gasteiger charge is -2.11. The number of nitrogens with one attached hydrogen (secondary N) is 1. The summed E-state index contributed by atoms with van der Waals surface area (Å²) in [6, 6.07) is 10.3. The van der Waals surface area contributed by atoms with Crippen molar-refractivity contribution in [3.8, 4) is 5.75 Å². The van der Waals surface area contributed by atoms with Crippen LogP contribution in [-0.4, -0.2) is 21.6 Å². The zero-order valence-electron chi connectivity index (χ0n) is 12.8. The van der Waals surface area contributed by atoms with Crippen molar-refractivity contribution in [2.24, 2.45) is 0 Å². The molecule has 0 heterocycles. The first-order valence-electron chi connectivity index (χ1n) is 6.94. The fourth-order valence-corrected chi connectivity index (χ4v) is 3.90. The largest absolute Gasteiger partial charge is 0.492 e. The fraction of sp³-hybridized carbons (Fsp3) is 0.250. The van der Waals surface area contributed by atoms with Crippen molar-refractivity contribution in [1.82, 2.24) is 4.72 Å². The number of sulfonamides is 1. The van der Waals surface area contributed by atoms with Crippen LogP contribution in [0.25, 0.3) is 0 Å². The van der Waals surface area contributed by atoms with E-state index < -0.39 is 10.0 Å². The van der Waals surface area contributed by atoms with Crippen LogP contribution in [0.4, 0.5) is 0 Å². The molecule has 0 radical (unpaired) electrons. The van der Waals surface area contributed by atoms with Crippen molar-refractivity contribution >= 4 is 33.2 Å². The van der Waals surface area contributed by atoms with E-state index in [1.807, 2.05) is 32.0 Å². The Labute approximate surface area is 146 Å². The highest BCUT2D eigenvalue weighted by Crippen LogP contribution is 2.28. The van der Waals surface area contributed by atoms with Crippen LogP contribution in [0, 0.1) is 13.8 Å². The van der Waals surface area contributed by atoms with E-state index in [1.54, 1.807) is 0 Å². The average molecular weight is 374 g/mol. The van der Waals surface area contributed by atoms with Gasteiger partial charge in [-0.3, -0.25) is 0 Å². The van der Waals surface area contributed by atoms with Gasteiger partial charge in [0.25, 0.3) is 0 Å². The topological polar surface area (TPSA) is 55.4 Å². The molecule has 0 unspecified atom stereocenters. The Morgan fingerprint density at radius 1 is 1.09 bits per heavy atom. The standard InChI is InChI=1S/C16H17Cl2NO3S/c1-11-8-12(2)10-13(9-11)22-7-6-19-23(20,21)15-5-3-4-14(17)16(15)18/h3-5,8-10,19H,6-7H2,1-2H3. The minimum atomic E-state index is -3.73. The van der Waals surface area contributed by atoms with E-state index in [-0.39, 0.29) is 28.1 Å². The third-order valence-electron chi connectivity index (χ3n) is 3.06. The molecule has 2 aromatic carbocycles. The van der Waals surface area contributed by atoms with Gasteiger partial charge in [-0.25, -0.2) is 13.1 Å². The monoisotopic (exact) mass is 373 g/mol. The maximum atomic E-state index is 12.2. The highest BCUT2D eigenvalue weighted by molar-refractivity contribution is 7.89. The molecule has 2 aromatic rings. The Morgan fingerprint density at radius 3 is 2.39 bits per heavy atom. The molecule has 0 atom stereocenters. The Bertz CT molecular complexity index is 787. The molecule has 7 heteroatoms. The molecule has 0 aliphatic heterocycles. The van der Waals surface area contributed by atoms with Gasteiger partial charge in [0, 0.05) is 6.54 Å². The van der Waals surface area contributed by atoms with Crippen LogP contribution >= 0.6 is 23.2 Å². The van der Waals surface area contributed by atoms with Crippen molar-refractivity contribution in [2.45, 2.75) is 18.7 Å². The SMILES string of the molecule is Cc1cc(C)cc(OCCNS(=O)(=O)c2cccc(Cl)c2Cl)c1. The normalized spacial score (nSPS) is 11.5. The Kier molecular flexibility index (Phi) is 5.92. The van der Waals surface area contributed by atoms with Crippen LogP contribution in [-0.2, 0) is 10.0 Å². The van der Waals surface area contributed by atoms with E-state index >= 15 is 0 Å². The van der Waals surface area contributed by atoms with Gasteiger partial charge in [0.05, 0.1) is 10.0 Å². The molecule has 0 aliphatic carbocycles. The van der Waals surface area contributed by atoms with Crippen LogP contribution < -0.4 is 9.46 Å². The van der Waals surface area contributed by atoms with Gasteiger partial charge in [0.1, 0.15) is 17.3 Å². The van der Waals surface area contributed by atoms with Gasteiger partial charge in [-0.2, -0.15) is 0 Å². The summed E-state index contributed by atoms with van der Waals surface area (Å²) in [5.74, 6) is 0.711. The van der Waals surface area contributed by atoms with Gasteiger partial charge >= 0.3 is 0 Å². The summed E-state index contributed by atoms with van der Waals surface area (Å²) in [4.78, 5) is -0.0435. The Morgan fingerprint density at radius 2 is 1.74 bits per heavy atom. The molecule has 4 nitrogen and oxygen atoms in total. The van der Waals surface area contributed by atoms with E-state index in [0.717, 1.165) is 11.1 Å². The first kappa shape index (κ1) is 18.1. The molecule has 0 saturated heterocycles. The number of rotatable bonds is 6. The van der Waals surface area contributed by atoms with Crippen molar-refractivity contribution in [2.75, 3.05) is 13.2 Å². The molecule has 124 valence electrons.